The van der Waals surface area contributed by atoms with Gasteiger partial charge in [-0.1, -0.05) is 0 Å². The van der Waals surface area contributed by atoms with Crippen molar-refractivity contribution in [3.05, 3.63) is 33.2 Å². The SMILES string of the molecule is O=C(O)Cc1c(C2CC2)cc(C2CC2)[nH]c1=O. The van der Waals surface area contributed by atoms with Crippen molar-refractivity contribution < 1.29 is 9.90 Å². The lowest BCUT2D eigenvalue weighted by Gasteiger charge is -2.08. The normalized spacial score (nSPS) is 19.3. The topological polar surface area (TPSA) is 70.2 Å². The zero-order chi connectivity index (χ0) is 12.0. The molecule has 4 heteroatoms. The fraction of sp³-hybridized carbons (Fsp3) is 0.538. The first-order valence-electron chi connectivity index (χ1n) is 6.13. The highest BCUT2D eigenvalue weighted by atomic mass is 16.4. The van der Waals surface area contributed by atoms with Crippen LogP contribution in [0.25, 0.3) is 0 Å². The van der Waals surface area contributed by atoms with Gasteiger partial charge in [0.1, 0.15) is 0 Å². The third kappa shape index (κ3) is 2.12. The Morgan fingerprint density at radius 2 is 1.94 bits per heavy atom. The van der Waals surface area contributed by atoms with Crippen LogP contribution in [0, 0.1) is 0 Å². The molecule has 1 heterocycles. The van der Waals surface area contributed by atoms with Gasteiger partial charge >= 0.3 is 5.97 Å². The van der Waals surface area contributed by atoms with E-state index in [4.69, 9.17) is 5.11 Å². The summed E-state index contributed by atoms with van der Waals surface area (Å²) in [4.78, 5) is 25.6. The zero-order valence-electron chi connectivity index (χ0n) is 9.53. The molecule has 0 spiro atoms. The molecular weight excluding hydrogens is 218 g/mol. The summed E-state index contributed by atoms with van der Waals surface area (Å²) in [6.07, 6.45) is 4.28. The number of aromatic nitrogens is 1. The van der Waals surface area contributed by atoms with Gasteiger partial charge in [-0.05, 0) is 49.1 Å². The number of hydrogen-bond acceptors (Lipinski definition) is 2. The number of H-pyrrole nitrogens is 1. The summed E-state index contributed by atoms with van der Waals surface area (Å²) in [5, 5.41) is 8.86. The molecular formula is C13H15NO3. The van der Waals surface area contributed by atoms with E-state index in [-0.39, 0.29) is 12.0 Å². The number of hydrogen-bond donors (Lipinski definition) is 2. The van der Waals surface area contributed by atoms with E-state index in [0.29, 0.717) is 17.4 Å². The van der Waals surface area contributed by atoms with Gasteiger partial charge in [0.25, 0.3) is 5.56 Å². The molecule has 17 heavy (non-hydrogen) atoms. The van der Waals surface area contributed by atoms with Crippen LogP contribution in [-0.2, 0) is 11.2 Å². The van der Waals surface area contributed by atoms with Crippen LogP contribution in [0.2, 0.25) is 0 Å². The molecule has 4 nitrogen and oxygen atoms in total. The maximum atomic E-state index is 11.9. The number of pyridine rings is 1. The van der Waals surface area contributed by atoms with Crippen molar-refractivity contribution in [2.45, 2.75) is 43.9 Å². The quantitative estimate of drug-likeness (QED) is 0.832. The van der Waals surface area contributed by atoms with E-state index >= 15 is 0 Å². The summed E-state index contributed by atoms with van der Waals surface area (Å²) < 4.78 is 0. The second-order valence-corrected chi connectivity index (χ2v) is 5.11. The minimum Gasteiger partial charge on any atom is -0.481 e. The van der Waals surface area contributed by atoms with Crippen LogP contribution in [0.1, 0.15) is 54.3 Å². The summed E-state index contributed by atoms with van der Waals surface area (Å²) in [6.45, 7) is 0. The zero-order valence-corrected chi connectivity index (χ0v) is 9.53. The van der Waals surface area contributed by atoms with Gasteiger partial charge in [-0.25, -0.2) is 0 Å². The average molecular weight is 233 g/mol. The molecule has 0 radical (unpaired) electrons. The van der Waals surface area contributed by atoms with Crippen molar-refractivity contribution in [3.8, 4) is 0 Å². The van der Waals surface area contributed by atoms with Crippen LogP contribution in [0.3, 0.4) is 0 Å². The molecule has 0 amide bonds. The molecule has 0 aliphatic heterocycles. The predicted octanol–water partition coefficient (Wildman–Crippen LogP) is 1.76. The molecule has 0 saturated heterocycles. The van der Waals surface area contributed by atoms with Gasteiger partial charge in [0, 0.05) is 11.3 Å². The van der Waals surface area contributed by atoms with Crippen LogP contribution in [0.4, 0.5) is 0 Å². The highest BCUT2D eigenvalue weighted by Crippen LogP contribution is 2.44. The van der Waals surface area contributed by atoms with Crippen LogP contribution >= 0.6 is 0 Å². The largest absolute Gasteiger partial charge is 0.481 e. The standard InChI is InChI=1S/C13H15NO3/c15-12(16)6-10-9(7-1-2-7)5-11(8-3-4-8)14-13(10)17/h5,7-8H,1-4,6H2,(H,14,17)(H,15,16). The van der Waals surface area contributed by atoms with Crippen molar-refractivity contribution in [1.29, 1.82) is 0 Å². The van der Waals surface area contributed by atoms with E-state index in [2.05, 4.69) is 4.98 Å². The van der Waals surface area contributed by atoms with Crippen molar-refractivity contribution >= 4 is 5.97 Å². The number of rotatable bonds is 4. The highest BCUT2D eigenvalue weighted by Gasteiger charge is 2.31. The monoisotopic (exact) mass is 233 g/mol. The molecule has 2 fully saturated rings. The third-order valence-electron chi connectivity index (χ3n) is 3.55. The Morgan fingerprint density at radius 3 is 2.47 bits per heavy atom. The van der Waals surface area contributed by atoms with Crippen LogP contribution in [-0.4, -0.2) is 16.1 Å². The van der Waals surface area contributed by atoms with Crippen molar-refractivity contribution in [2.75, 3.05) is 0 Å². The first kappa shape index (κ1) is 10.6. The summed E-state index contributed by atoms with van der Waals surface area (Å²) in [5.74, 6) is -0.0141. The number of aliphatic carboxylic acids is 1. The molecule has 0 atom stereocenters. The Labute approximate surface area is 98.7 Å². The molecule has 3 rings (SSSR count). The second kappa shape index (κ2) is 3.72. The lowest BCUT2D eigenvalue weighted by atomic mass is 10.0. The number of carboxylic acids is 1. The van der Waals surface area contributed by atoms with Gasteiger partial charge in [-0.3, -0.25) is 9.59 Å². The van der Waals surface area contributed by atoms with Crippen LogP contribution in [0.5, 0.6) is 0 Å². The molecule has 2 aliphatic carbocycles. The molecule has 2 aliphatic rings. The summed E-state index contributed by atoms with van der Waals surface area (Å²) in [7, 11) is 0. The molecule has 2 saturated carbocycles. The summed E-state index contributed by atoms with van der Waals surface area (Å²) in [6, 6.07) is 2.04. The Morgan fingerprint density at radius 1 is 1.29 bits per heavy atom. The van der Waals surface area contributed by atoms with E-state index in [0.717, 1.165) is 36.9 Å². The highest BCUT2D eigenvalue weighted by molar-refractivity contribution is 5.70. The van der Waals surface area contributed by atoms with E-state index in [1.165, 1.54) is 0 Å². The Bertz CT molecular complexity index is 524. The first-order valence-corrected chi connectivity index (χ1v) is 6.13. The van der Waals surface area contributed by atoms with Crippen LogP contribution in [0.15, 0.2) is 10.9 Å². The first-order chi connectivity index (χ1) is 8.15. The van der Waals surface area contributed by atoms with Gasteiger partial charge in [0.2, 0.25) is 0 Å². The number of carboxylic acid groups (broad SMARTS) is 1. The Hall–Kier alpha value is -1.58. The smallest absolute Gasteiger partial charge is 0.308 e. The summed E-state index contributed by atoms with van der Waals surface area (Å²) >= 11 is 0. The molecule has 0 aromatic carbocycles. The van der Waals surface area contributed by atoms with E-state index < -0.39 is 5.97 Å². The Kier molecular flexibility index (Phi) is 2.31. The minimum atomic E-state index is -0.934. The molecule has 0 unspecified atom stereocenters. The second-order valence-electron chi connectivity index (χ2n) is 5.11. The van der Waals surface area contributed by atoms with Gasteiger partial charge < -0.3 is 10.1 Å². The molecule has 2 N–H and O–H groups in total. The van der Waals surface area contributed by atoms with E-state index in [1.54, 1.807) is 0 Å². The lowest BCUT2D eigenvalue weighted by Crippen LogP contribution is -2.20. The van der Waals surface area contributed by atoms with Crippen molar-refractivity contribution in [3.63, 3.8) is 0 Å². The minimum absolute atomic E-state index is 0.161. The molecule has 1 aromatic heterocycles. The third-order valence-corrected chi connectivity index (χ3v) is 3.55. The van der Waals surface area contributed by atoms with Gasteiger partial charge in [-0.2, -0.15) is 0 Å². The summed E-state index contributed by atoms with van der Waals surface area (Å²) in [5.41, 5.74) is 2.26. The van der Waals surface area contributed by atoms with Gasteiger partial charge in [-0.15, -0.1) is 0 Å². The maximum Gasteiger partial charge on any atom is 0.308 e. The Balaban J connectivity index is 2.05. The van der Waals surface area contributed by atoms with E-state index in [1.807, 2.05) is 6.07 Å². The van der Waals surface area contributed by atoms with Crippen molar-refractivity contribution in [1.82, 2.24) is 4.98 Å². The predicted molar refractivity (Wildman–Crippen MR) is 62.4 cm³/mol. The number of carbonyl (C=O) groups is 1. The molecule has 1 aromatic rings. The lowest BCUT2D eigenvalue weighted by molar-refractivity contribution is -0.136. The van der Waals surface area contributed by atoms with Crippen LogP contribution < -0.4 is 5.56 Å². The van der Waals surface area contributed by atoms with Gasteiger partial charge in [0.15, 0.2) is 0 Å². The van der Waals surface area contributed by atoms with Gasteiger partial charge in [0.05, 0.1) is 6.42 Å². The number of aromatic amines is 1. The number of nitrogens with one attached hydrogen (secondary N) is 1. The maximum absolute atomic E-state index is 11.9. The van der Waals surface area contributed by atoms with Crippen molar-refractivity contribution in [2.24, 2.45) is 0 Å². The average Bonchev–Trinajstić information content (AvgIpc) is 3.15. The molecule has 0 bridgehead atoms. The fourth-order valence-corrected chi connectivity index (χ4v) is 2.33. The van der Waals surface area contributed by atoms with E-state index in [9.17, 15) is 9.59 Å². The fourth-order valence-electron chi connectivity index (χ4n) is 2.33. The molecule has 90 valence electrons.